The van der Waals surface area contributed by atoms with E-state index in [0.29, 0.717) is 6.61 Å². The van der Waals surface area contributed by atoms with E-state index in [9.17, 15) is 8.42 Å². The number of hydrogen-bond acceptors (Lipinski definition) is 3. The van der Waals surface area contributed by atoms with Gasteiger partial charge in [0, 0.05) is 6.61 Å². The van der Waals surface area contributed by atoms with Gasteiger partial charge >= 0.3 is 0 Å². The summed E-state index contributed by atoms with van der Waals surface area (Å²) >= 11 is 0. The number of hydrogen-bond donors (Lipinski definition) is 1. The Hall–Kier alpha value is -0.130. The Morgan fingerprint density at radius 3 is 2.28 bits per heavy atom. The Morgan fingerprint density at radius 2 is 1.72 bits per heavy atom. The molecule has 1 atom stereocenters. The first-order valence-corrected chi connectivity index (χ1v) is 8.79. The molecule has 0 aromatic carbocycles. The average molecular weight is 279 g/mol. The third-order valence-corrected chi connectivity index (χ3v) is 3.85. The largest absolute Gasteiger partial charge is 0.381 e. The van der Waals surface area contributed by atoms with Crippen LogP contribution in [0.5, 0.6) is 0 Å². The van der Waals surface area contributed by atoms with Crippen LogP contribution < -0.4 is 5.14 Å². The van der Waals surface area contributed by atoms with E-state index in [1.54, 1.807) is 0 Å². The van der Waals surface area contributed by atoms with Gasteiger partial charge in [0.2, 0.25) is 10.0 Å². The van der Waals surface area contributed by atoms with Gasteiger partial charge in [-0.1, -0.05) is 46.0 Å². The van der Waals surface area contributed by atoms with Crippen LogP contribution in [0.25, 0.3) is 0 Å². The number of nitrogens with two attached hydrogens (primary N) is 1. The normalized spacial score (nSPS) is 13.7. The quantitative estimate of drug-likeness (QED) is 0.558. The summed E-state index contributed by atoms with van der Waals surface area (Å²) in [6, 6.07) is 0. The van der Waals surface area contributed by atoms with Crippen LogP contribution in [0.2, 0.25) is 0 Å². The van der Waals surface area contributed by atoms with Crippen molar-refractivity contribution >= 4 is 10.0 Å². The van der Waals surface area contributed by atoms with Gasteiger partial charge in [-0.3, -0.25) is 0 Å². The van der Waals surface area contributed by atoms with Crippen LogP contribution in [0.15, 0.2) is 0 Å². The minimum absolute atomic E-state index is 0.0384. The van der Waals surface area contributed by atoms with Crippen molar-refractivity contribution in [2.75, 3.05) is 19.0 Å². The SMILES string of the molecule is CCCCCCCOCC(CCC)CS(N)(=O)=O. The Bertz CT molecular complexity index is 278. The molecular weight excluding hydrogens is 250 g/mol. The number of unbranched alkanes of at least 4 members (excludes halogenated alkanes) is 4. The van der Waals surface area contributed by atoms with Crippen LogP contribution in [0.3, 0.4) is 0 Å². The third-order valence-electron chi connectivity index (χ3n) is 2.91. The summed E-state index contributed by atoms with van der Waals surface area (Å²) in [5.74, 6) is 0.0806. The van der Waals surface area contributed by atoms with Crippen LogP contribution >= 0.6 is 0 Å². The molecule has 0 radical (unpaired) electrons. The van der Waals surface area contributed by atoms with Gasteiger partial charge in [-0.25, -0.2) is 13.6 Å². The van der Waals surface area contributed by atoms with E-state index in [-0.39, 0.29) is 11.7 Å². The molecule has 0 amide bonds. The van der Waals surface area contributed by atoms with Crippen molar-refractivity contribution in [2.45, 2.75) is 58.8 Å². The van der Waals surface area contributed by atoms with Gasteiger partial charge < -0.3 is 4.74 Å². The van der Waals surface area contributed by atoms with Crippen molar-refractivity contribution < 1.29 is 13.2 Å². The molecule has 0 aromatic heterocycles. The van der Waals surface area contributed by atoms with E-state index in [0.717, 1.165) is 25.9 Å². The second-order valence-corrected chi connectivity index (χ2v) is 6.63. The van der Waals surface area contributed by atoms with Crippen LogP contribution in [0, 0.1) is 5.92 Å². The van der Waals surface area contributed by atoms with Crippen LogP contribution in [0.4, 0.5) is 0 Å². The highest BCUT2D eigenvalue weighted by molar-refractivity contribution is 7.89. The molecule has 0 fully saturated rings. The van der Waals surface area contributed by atoms with Gasteiger partial charge in [-0.15, -0.1) is 0 Å². The predicted molar refractivity (Wildman–Crippen MR) is 76.0 cm³/mol. The highest BCUT2D eigenvalue weighted by Gasteiger charge is 2.15. The molecule has 0 saturated heterocycles. The molecule has 0 bridgehead atoms. The van der Waals surface area contributed by atoms with Gasteiger partial charge in [0.05, 0.1) is 12.4 Å². The molecule has 2 N–H and O–H groups in total. The van der Waals surface area contributed by atoms with Gasteiger partial charge in [-0.2, -0.15) is 0 Å². The maximum Gasteiger partial charge on any atom is 0.209 e. The lowest BCUT2D eigenvalue weighted by atomic mass is 10.1. The molecule has 0 aliphatic carbocycles. The maximum atomic E-state index is 11.0. The van der Waals surface area contributed by atoms with Crippen molar-refractivity contribution in [3.63, 3.8) is 0 Å². The molecule has 0 aliphatic heterocycles. The molecule has 110 valence electrons. The molecule has 4 nitrogen and oxygen atoms in total. The Kier molecular flexibility index (Phi) is 10.7. The second kappa shape index (κ2) is 10.8. The number of ether oxygens (including phenoxy) is 1. The summed E-state index contributed by atoms with van der Waals surface area (Å²) in [6.07, 6.45) is 7.86. The zero-order valence-corrected chi connectivity index (χ0v) is 12.7. The highest BCUT2D eigenvalue weighted by atomic mass is 32.2. The van der Waals surface area contributed by atoms with E-state index in [1.165, 1.54) is 25.7 Å². The lowest BCUT2D eigenvalue weighted by Crippen LogP contribution is -2.26. The maximum absolute atomic E-state index is 11.0. The second-order valence-electron chi connectivity index (χ2n) is 4.97. The van der Waals surface area contributed by atoms with E-state index >= 15 is 0 Å². The molecule has 18 heavy (non-hydrogen) atoms. The van der Waals surface area contributed by atoms with E-state index < -0.39 is 10.0 Å². The predicted octanol–water partition coefficient (Wildman–Crippen LogP) is 2.68. The monoisotopic (exact) mass is 279 g/mol. The summed E-state index contributed by atoms with van der Waals surface area (Å²) in [5.41, 5.74) is 0. The lowest BCUT2D eigenvalue weighted by Gasteiger charge is -2.15. The van der Waals surface area contributed by atoms with E-state index in [1.807, 2.05) is 6.92 Å². The molecular formula is C13H29NO3S. The van der Waals surface area contributed by atoms with Crippen LogP contribution in [0.1, 0.15) is 58.8 Å². The Morgan fingerprint density at radius 1 is 1.06 bits per heavy atom. The highest BCUT2D eigenvalue weighted by Crippen LogP contribution is 2.10. The average Bonchev–Trinajstić information content (AvgIpc) is 2.26. The fourth-order valence-corrected chi connectivity index (χ4v) is 2.93. The summed E-state index contributed by atoms with van der Waals surface area (Å²) in [4.78, 5) is 0. The smallest absolute Gasteiger partial charge is 0.209 e. The number of rotatable bonds is 12. The van der Waals surface area contributed by atoms with Gasteiger partial charge in [-0.05, 0) is 18.8 Å². The van der Waals surface area contributed by atoms with Crippen molar-refractivity contribution in [2.24, 2.45) is 11.1 Å². The van der Waals surface area contributed by atoms with Crippen molar-refractivity contribution in [1.82, 2.24) is 0 Å². The van der Waals surface area contributed by atoms with Crippen molar-refractivity contribution in [1.29, 1.82) is 0 Å². The van der Waals surface area contributed by atoms with Gasteiger partial charge in [0.25, 0.3) is 0 Å². The fourth-order valence-electron chi connectivity index (χ4n) is 2.01. The molecule has 0 spiro atoms. The first kappa shape index (κ1) is 17.9. The molecule has 0 aromatic rings. The Labute approximate surface area is 112 Å². The minimum Gasteiger partial charge on any atom is -0.381 e. The molecule has 0 saturated carbocycles. The molecule has 1 unspecified atom stereocenters. The molecule has 0 rings (SSSR count). The fraction of sp³-hybridized carbons (Fsp3) is 1.00. The van der Waals surface area contributed by atoms with E-state index in [4.69, 9.17) is 9.88 Å². The summed E-state index contributed by atoms with van der Waals surface area (Å²) in [6.45, 7) is 5.48. The number of primary sulfonamides is 1. The third kappa shape index (κ3) is 12.3. The zero-order chi connectivity index (χ0) is 13.9. The Balaban J connectivity index is 3.64. The molecule has 5 heteroatoms. The van der Waals surface area contributed by atoms with Crippen molar-refractivity contribution in [3.8, 4) is 0 Å². The summed E-state index contributed by atoms with van der Waals surface area (Å²) < 4.78 is 27.6. The number of sulfonamides is 1. The minimum atomic E-state index is -3.38. The van der Waals surface area contributed by atoms with Gasteiger partial charge in [0.1, 0.15) is 0 Å². The first-order valence-electron chi connectivity index (χ1n) is 7.07. The molecule has 0 heterocycles. The van der Waals surface area contributed by atoms with Crippen LogP contribution in [-0.4, -0.2) is 27.4 Å². The molecule has 0 aliphatic rings. The first-order chi connectivity index (χ1) is 8.49. The van der Waals surface area contributed by atoms with Crippen molar-refractivity contribution in [3.05, 3.63) is 0 Å². The standard InChI is InChI=1S/C13H29NO3S/c1-3-5-6-7-8-10-17-11-13(9-4-2)12-18(14,15)16/h13H,3-12H2,1-2H3,(H2,14,15,16). The zero-order valence-electron chi connectivity index (χ0n) is 11.9. The summed E-state index contributed by atoms with van der Waals surface area (Å²) in [5, 5.41) is 5.07. The lowest BCUT2D eigenvalue weighted by molar-refractivity contribution is 0.0991. The van der Waals surface area contributed by atoms with Gasteiger partial charge in [0.15, 0.2) is 0 Å². The topological polar surface area (TPSA) is 69.4 Å². The van der Waals surface area contributed by atoms with E-state index in [2.05, 4.69) is 6.92 Å². The van der Waals surface area contributed by atoms with Crippen LogP contribution in [-0.2, 0) is 14.8 Å². The summed E-state index contributed by atoms with van der Waals surface area (Å²) in [7, 11) is -3.38.